The van der Waals surface area contributed by atoms with Crippen molar-refractivity contribution in [3.05, 3.63) is 12.0 Å². The van der Waals surface area contributed by atoms with Crippen molar-refractivity contribution in [2.45, 2.75) is 0 Å². The number of hydrogen-bond acceptors (Lipinski definition) is 6. The molecule has 0 bridgehead atoms. The second kappa shape index (κ2) is 2.44. The van der Waals surface area contributed by atoms with Gasteiger partial charge in [-0.15, -0.1) is 9.84 Å². The van der Waals surface area contributed by atoms with Gasteiger partial charge in [0.05, 0.1) is 7.05 Å². The van der Waals surface area contributed by atoms with Crippen molar-refractivity contribution in [2.24, 2.45) is 16.1 Å². The Morgan fingerprint density at radius 1 is 1.69 bits per heavy atom. The number of hydroxylamine groups is 1. The maximum atomic E-state index is 10.8. The van der Waals surface area contributed by atoms with Crippen molar-refractivity contribution in [1.29, 1.82) is 0 Å². The molecule has 1 aliphatic heterocycles. The van der Waals surface area contributed by atoms with E-state index >= 15 is 0 Å². The highest BCUT2D eigenvalue weighted by Gasteiger charge is 2.20. The third-order valence-corrected chi connectivity index (χ3v) is 1.42. The van der Waals surface area contributed by atoms with Gasteiger partial charge in [0.15, 0.2) is 5.69 Å². The molecule has 13 heavy (non-hydrogen) atoms. The van der Waals surface area contributed by atoms with E-state index in [0.29, 0.717) is 0 Å². The zero-order valence-corrected chi connectivity index (χ0v) is 6.71. The molecule has 1 aliphatic rings. The monoisotopic (exact) mass is 182 g/mol. The fourth-order valence-electron chi connectivity index (χ4n) is 0.901. The average Bonchev–Trinajstić information content (AvgIpc) is 2.46. The van der Waals surface area contributed by atoms with Crippen LogP contribution < -0.4 is 10.7 Å². The molecule has 8 heteroatoms. The van der Waals surface area contributed by atoms with Crippen LogP contribution >= 0.6 is 0 Å². The zero-order valence-electron chi connectivity index (χ0n) is 6.71. The largest absolute Gasteiger partial charge is 0.364 e. The van der Waals surface area contributed by atoms with Crippen molar-refractivity contribution in [3.8, 4) is 0 Å². The Morgan fingerprint density at radius 3 is 3.15 bits per heavy atom. The first-order chi connectivity index (χ1) is 6.18. The summed E-state index contributed by atoms with van der Waals surface area (Å²) in [5.74, 6) is -0.466. The summed E-state index contributed by atoms with van der Waals surface area (Å²) in [4.78, 5) is 19.5. The molecule has 0 saturated heterocycles. The summed E-state index contributed by atoms with van der Waals surface area (Å²) in [5.41, 5.74) is 5.07. The number of nitrogens with two attached hydrogens (primary N) is 1. The van der Waals surface area contributed by atoms with Gasteiger partial charge in [-0.2, -0.15) is 0 Å². The van der Waals surface area contributed by atoms with Crippen LogP contribution in [0.25, 0.3) is 0 Å². The molecular weight excluding hydrogens is 176 g/mol. The van der Waals surface area contributed by atoms with E-state index in [1.807, 2.05) is 0 Å². The Balaban J connectivity index is 2.48. The SMILES string of the molecule is CN1N=Nc2c(C(N)=O)ncn2O1. The first kappa shape index (κ1) is 7.53. The second-order valence-corrected chi connectivity index (χ2v) is 2.34. The molecule has 1 amide bonds. The van der Waals surface area contributed by atoms with Crippen molar-refractivity contribution < 1.29 is 9.73 Å². The molecule has 1 aromatic heterocycles. The minimum absolute atomic E-state index is 0.0388. The van der Waals surface area contributed by atoms with Gasteiger partial charge in [0, 0.05) is 0 Å². The molecule has 0 atom stereocenters. The standard InChI is InChI=1S/C5H6N6O2/c1-10-9-8-5-3(4(6)12)7-2-11(5)13-10/h2H,1H3,(H2,6,12). The molecular formula is C5H6N6O2. The Hall–Kier alpha value is -2.12. The summed E-state index contributed by atoms with van der Waals surface area (Å²) >= 11 is 0. The van der Waals surface area contributed by atoms with E-state index in [1.54, 1.807) is 7.05 Å². The normalized spacial score (nSPS) is 13.8. The first-order valence-corrected chi connectivity index (χ1v) is 3.39. The first-order valence-electron chi connectivity index (χ1n) is 3.39. The van der Waals surface area contributed by atoms with Crippen molar-refractivity contribution >= 4 is 11.7 Å². The molecule has 1 aromatic rings. The fraction of sp³-hybridized carbons (Fsp3) is 0.200. The quantitative estimate of drug-likeness (QED) is 0.618. The van der Waals surface area contributed by atoms with Gasteiger partial charge in [0.25, 0.3) is 5.91 Å². The Labute approximate surface area is 72.5 Å². The lowest BCUT2D eigenvalue weighted by Crippen LogP contribution is -2.27. The predicted molar refractivity (Wildman–Crippen MR) is 39.6 cm³/mol. The summed E-state index contributed by atoms with van der Waals surface area (Å²) in [7, 11) is 1.55. The smallest absolute Gasteiger partial charge is 0.271 e. The number of carbonyl (C=O) groups is 1. The van der Waals surface area contributed by atoms with E-state index in [9.17, 15) is 4.79 Å². The van der Waals surface area contributed by atoms with Crippen molar-refractivity contribution in [1.82, 2.24) is 14.9 Å². The van der Waals surface area contributed by atoms with Gasteiger partial charge >= 0.3 is 0 Å². The van der Waals surface area contributed by atoms with Crippen LogP contribution in [0.4, 0.5) is 5.82 Å². The lowest BCUT2D eigenvalue weighted by atomic mass is 10.4. The fourth-order valence-corrected chi connectivity index (χ4v) is 0.901. The highest BCUT2D eigenvalue weighted by atomic mass is 16.8. The number of imidazole rings is 1. The van der Waals surface area contributed by atoms with Crippen LogP contribution in [0.3, 0.4) is 0 Å². The Kier molecular flexibility index (Phi) is 1.41. The van der Waals surface area contributed by atoms with Crippen LogP contribution in [0.5, 0.6) is 0 Å². The molecule has 2 N–H and O–H groups in total. The average molecular weight is 182 g/mol. The molecule has 2 rings (SSSR count). The minimum Gasteiger partial charge on any atom is -0.364 e. The molecule has 0 radical (unpaired) electrons. The number of amides is 1. The maximum absolute atomic E-state index is 10.8. The molecule has 0 fully saturated rings. The highest BCUT2D eigenvalue weighted by Crippen LogP contribution is 2.20. The Morgan fingerprint density at radius 2 is 2.46 bits per heavy atom. The van der Waals surface area contributed by atoms with Gasteiger partial charge in [-0.25, -0.2) is 4.98 Å². The maximum Gasteiger partial charge on any atom is 0.271 e. The zero-order chi connectivity index (χ0) is 9.42. The summed E-state index contributed by atoms with van der Waals surface area (Å²) in [6.45, 7) is 0. The summed E-state index contributed by atoms with van der Waals surface area (Å²) in [6.07, 6.45) is 1.30. The molecule has 0 aliphatic carbocycles. The summed E-state index contributed by atoms with van der Waals surface area (Å²) in [6, 6.07) is 0. The van der Waals surface area contributed by atoms with E-state index in [4.69, 9.17) is 10.7 Å². The Bertz CT molecular complexity index is 382. The number of fused-ring (bicyclic) bond motifs is 1. The summed E-state index contributed by atoms with van der Waals surface area (Å²) < 4.78 is 1.20. The number of primary amides is 1. The topological polar surface area (TPSA) is 98.1 Å². The highest BCUT2D eigenvalue weighted by molar-refractivity contribution is 5.94. The van der Waals surface area contributed by atoms with E-state index in [1.165, 1.54) is 11.1 Å². The van der Waals surface area contributed by atoms with E-state index in [2.05, 4.69) is 15.3 Å². The van der Waals surface area contributed by atoms with Crippen molar-refractivity contribution in [3.63, 3.8) is 0 Å². The van der Waals surface area contributed by atoms with Gasteiger partial charge in [0.2, 0.25) is 5.82 Å². The summed E-state index contributed by atoms with van der Waals surface area (Å²) in [5, 5.41) is 8.36. The van der Waals surface area contributed by atoms with Gasteiger partial charge in [0.1, 0.15) is 6.33 Å². The number of carbonyl (C=O) groups excluding carboxylic acids is 1. The van der Waals surface area contributed by atoms with Gasteiger partial charge in [-0.3, -0.25) is 9.73 Å². The molecule has 68 valence electrons. The number of nitrogens with zero attached hydrogens (tertiary/aromatic N) is 5. The van der Waals surface area contributed by atoms with Crippen LogP contribution in [0.1, 0.15) is 10.5 Å². The molecule has 0 spiro atoms. The van der Waals surface area contributed by atoms with Crippen LogP contribution in [0.15, 0.2) is 16.7 Å². The van der Waals surface area contributed by atoms with Crippen molar-refractivity contribution in [2.75, 3.05) is 7.05 Å². The third-order valence-electron chi connectivity index (χ3n) is 1.42. The number of aromatic nitrogens is 2. The van der Waals surface area contributed by atoms with Gasteiger partial charge in [-0.1, -0.05) is 5.17 Å². The minimum atomic E-state index is -0.666. The molecule has 0 aromatic carbocycles. The number of hydrogen-bond donors (Lipinski definition) is 1. The van der Waals surface area contributed by atoms with Crippen LogP contribution in [-0.2, 0) is 0 Å². The third kappa shape index (κ3) is 1.08. The molecule has 8 nitrogen and oxygen atoms in total. The second-order valence-electron chi connectivity index (χ2n) is 2.34. The lowest BCUT2D eigenvalue weighted by molar-refractivity contribution is -0.157. The van der Waals surface area contributed by atoms with Crippen LogP contribution in [0, 0.1) is 0 Å². The van der Waals surface area contributed by atoms with Gasteiger partial charge in [-0.05, 0) is 5.22 Å². The number of rotatable bonds is 1. The van der Waals surface area contributed by atoms with Crippen LogP contribution in [0.2, 0.25) is 0 Å². The molecule has 0 saturated carbocycles. The van der Waals surface area contributed by atoms with Crippen LogP contribution in [-0.4, -0.2) is 27.8 Å². The van der Waals surface area contributed by atoms with E-state index in [-0.39, 0.29) is 11.5 Å². The van der Waals surface area contributed by atoms with Gasteiger partial charge < -0.3 is 5.73 Å². The predicted octanol–water partition coefficient (Wildman–Crippen LogP) is -0.730. The van der Waals surface area contributed by atoms with E-state index < -0.39 is 5.91 Å². The lowest BCUT2D eigenvalue weighted by Gasteiger charge is -2.15. The van der Waals surface area contributed by atoms with E-state index in [0.717, 1.165) is 5.17 Å². The molecule has 0 unspecified atom stereocenters. The molecule has 2 heterocycles.